The van der Waals surface area contributed by atoms with Gasteiger partial charge in [-0.1, -0.05) is 63.1 Å². The van der Waals surface area contributed by atoms with Crippen molar-refractivity contribution in [3.8, 4) is 0 Å². The number of aryl methyl sites for hydroxylation is 1. The van der Waals surface area contributed by atoms with Crippen LogP contribution in [-0.2, 0) is 6.42 Å². The van der Waals surface area contributed by atoms with E-state index in [1.807, 2.05) is 0 Å². The Kier molecular flexibility index (Phi) is 5.06. The predicted molar refractivity (Wildman–Crippen MR) is 64.4 cm³/mol. The molecule has 0 heteroatoms. The number of rotatable bonds is 5. The van der Waals surface area contributed by atoms with Crippen molar-refractivity contribution in [3.05, 3.63) is 41.5 Å². The molecule has 76 valence electrons. The molecule has 0 fully saturated rings. The third kappa shape index (κ3) is 3.78. The van der Waals surface area contributed by atoms with Crippen molar-refractivity contribution in [2.45, 2.75) is 39.5 Å². The molecule has 1 aromatic rings. The predicted octanol–water partition coefficient (Wildman–Crippen LogP) is 4.45. The van der Waals surface area contributed by atoms with Crippen molar-refractivity contribution < 1.29 is 0 Å². The van der Waals surface area contributed by atoms with Crippen LogP contribution in [0.2, 0.25) is 0 Å². The van der Waals surface area contributed by atoms with Crippen LogP contribution in [0.15, 0.2) is 30.3 Å². The molecule has 0 saturated heterocycles. The van der Waals surface area contributed by atoms with E-state index in [9.17, 15) is 0 Å². The van der Waals surface area contributed by atoms with E-state index >= 15 is 0 Å². The Morgan fingerprint density at radius 1 is 1.14 bits per heavy atom. The lowest BCUT2D eigenvalue weighted by Crippen LogP contribution is -1.83. The van der Waals surface area contributed by atoms with Gasteiger partial charge in [-0.25, -0.2) is 0 Å². The van der Waals surface area contributed by atoms with Gasteiger partial charge in [0, 0.05) is 0 Å². The molecule has 1 aromatic carbocycles. The number of benzene rings is 1. The lowest BCUT2D eigenvalue weighted by atomic mass is 10.1. The summed E-state index contributed by atoms with van der Waals surface area (Å²) in [5.74, 6) is 0. The van der Waals surface area contributed by atoms with Crippen molar-refractivity contribution in [1.82, 2.24) is 0 Å². The number of allylic oxidation sites excluding steroid dienone is 1. The SMILES string of the molecule is CCC/C=C/c1cccc(CCC)c1. The molecule has 0 unspecified atom stereocenters. The maximum Gasteiger partial charge on any atom is -0.0257 e. The molecule has 0 amide bonds. The van der Waals surface area contributed by atoms with Crippen LogP contribution in [0.25, 0.3) is 6.08 Å². The summed E-state index contributed by atoms with van der Waals surface area (Å²) in [6.45, 7) is 4.43. The summed E-state index contributed by atoms with van der Waals surface area (Å²) in [5.41, 5.74) is 2.79. The van der Waals surface area contributed by atoms with Crippen LogP contribution in [0.4, 0.5) is 0 Å². The highest BCUT2D eigenvalue weighted by Crippen LogP contribution is 2.09. The monoisotopic (exact) mass is 188 g/mol. The first kappa shape index (κ1) is 11.0. The van der Waals surface area contributed by atoms with Gasteiger partial charge in [-0.15, -0.1) is 0 Å². The molecular weight excluding hydrogens is 168 g/mol. The highest BCUT2D eigenvalue weighted by atomic mass is 14.0. The normalized spacial score (nSPS) is 11.0. The Bertz CT molecular complexity index is 284. The van der Waals surface area contributed by atoms with Gasteiger partial charge < -0.3 is 0 Å². The summed E-state index contributed by atoms with van der Waals surface area (Å²) in [6.07, 6.45) is 9.30. The second-order valence-corrected chi connectivity index (χ2v) is 3.69. The van der Waals surface area contributed by atoms with E-state index in [1.54, 1.807) is 0 Å². The zero-order chi connectivity index (χ0) is 10.2. The van der Waals surface area contributed by atoms with Crippen LogP contribution >= 0.6 is 0 Å². The van der Waals surface area contributed by atoms with Gasteiger partial charge in [0.05, 0.1) is 0 Å². The van der Waals surface area contributed by atoms with Crippen molar-refractivity contribution in [1.29, 1.82) is 0 Å². The maximum atomic E-state index is 2.29. The first-order chi connectivity index (χ1) is 6.86. The van der Waals surface area contributed by atoms with E-state index in [0.29, 0.717) is 0 Å². The van der Waals surface area contributed by atoms with Gasteiger partial charge in [0.1, 0.15) is 0 Å². The van der Waals surface area contributed by atoms with Crippen LogP contribution in [0.3, 0.4) is 0 Å². The summed E-state index contributed by atoms with van der Waals surface area (Å²) in [5, 5.41) is 0. The minimum absolute atomic E-state index is 1.18. The van der Waals surface area contributed by atoms with Crippen LogP contribution in [-0.4, -0.2) is 0 Å². The van der Waals surface area contributed by atoms with Gasteiger partial charge in [0.2, 0.25) is 0 Å². The third-order valence-corrected chi connectivity index (χ3v) is 2.26. The van der Waals surface area contributed by atoms with E-state index in [1.165, 1.54) is 36.8 Å². The van der Waals surface area contributed by atoms with Crippen LogP contribution in [0.5, 0.6) is 0 Å². The molecule has 0 aliphatic carbocycles. The average Bonchev–Trinajstić information content (AvgIpc) is 2.19. The van der Waals surface area contributed by atoms with Crippen molar-refractivity contribution in [2.24, 2.45) is 0 Å². The number of unbranched alkanes of at least 4 members (excludes halogenated alkanes) is 1. The molecule has 14 heavy (non-hydrogen) atoms. The molecule has 0 heterocycles. The Balaban J connectivity index is 2.63. The first-order valence-electron chi connectivity index (χ1n) is 5.62. The highest BCUT2D eigenvalue weighted by Gasteiger charge is 1.91. The summed E-state index contributed by atoms with van der Waals surface area (Å²) in [7, 11) is 0. The smallest absolute Gasteiger partial charge is 0.0257 e. The average molecular weight is 188 g/mol. The second-order valence-electron chi connectivity index (χ2n) is 3.69. The molecule has 0 nitrogen and oxygen atoms in total. The van der Waals surface area contributed by atoms with Gasteiger partial charge in [-0.2, -0.15) is 0 Å². The second kappa shape index (κ2) is 6.42. The third-order valence-electron chi connectivity index (χ3n) is 2.26. The molecule has 0 N–H and O–H groups in total. The van der Waals surface area contributed by atoms with Crippen molar-refractivity contribution >= 4 is 6.08 Å². The molecule has 0 saturated carbocycles. The molecule has 0 spiro atoms. The number of hydrogen-bond acceptors (Lipinski definition) is 0. The largest absolute Gasteiger partial charge is 0.0840 e. The zero-order valence-electron chi connectivity index (χ0n) is 9.29. The molecule has 0 atom stereocenters. The summed E-state index contributed by atoms with van der Waals surface area (Å²) in [4.78, 5) is 0. The van der Waals surface area contributed by atoms with E-state index in [-0.39, 0.29) is 0 Å². The summed E-state index contributed by atoms with van der Waals surface area (Å²) in [6, 6.07) is 8.82. The van der Waals surface area contributed by atoms with Gasteiger partial charge in [0.15, 0.2) is 0 Å². The van der Waals surface area contributed by atoms with Crippen LogP contribution in [0.1, 0.15) is 44.2 Å². The topological polar surface area (TPSA) is 0 Å². The van der Waals surface area contributed by atoms with E-state index in [4.69, 9.17) is 0 Å². The molecule has 0 aliphatic heterocycles. The Labute approximate surface area is 87.7 Å². The summed E-state index contributed by atoms with van der Waals surface area (Å²) >= 11 is 0. The van der Waals surface area contributed by atoms with Crippen LogP contribution in [0, 0.1) is 0 Å². The minimum Gasteiger partial charge on any atom is -0.0840 e. The van der Waals surface area contributed by atoms with Gasteiger partial charge in [-0.3, -0.25) is 0 Å². The lowest BCUT2D eigenvalue weighted by molar-refractivity contribution is 0.921. The van der Waals surface area contributed by atoms with Crippen molar-refractivity contribution in [2.75, 3.05) is 0 Å². The highest BCUT2D eigenvalue weighted by molar-refractivity contribution is 5.50. The van der Waals surface area contributed by atoms with E-state index in [2.05, 4.69) is 50.3 Å². The van der Waals surface area contributed by atoms with Gasteiger partial charge in [-0.05, 0) is 24.0 Å². The quantitative estimate of drug-likeness (QED) is 0.640. The van der Waals surface area contributed by atoms with Crippen molar-refractivity contribution in [3.63, 3.8) is 0 Å². The fourth-order valence-electron chi connectivity index (χ4n) is 1.53. The fraction of sp³-hybridized carbons (Fsp3) is 0.429. The Morgan fingerprint density at radius 2 is 2.00 bits per heavy atom. The zero-order valence-corrected chi connectivity index (χ0v) is 9.29. The van der Waals surface area contributed by atoms with E-state index < -0.39 is 0 Å². The Morgan fingerprint density at radius 3 is 2.71 bits per heavy atom. The standard InChI is InChI=1S/C14H20/c1-3-5-6-9-14-11-7-10-13(12-14)8-4-2/h6-7,9-12H,3-5,8H2,1-2H3/b9-6+. The number of hydrogen-bond donors (Lipinski definition) is 0. The van der Waals surface area contributed by atoms with Crippen LogP contribution < -0.4 is 0 Å². The summed E-state index contributed by atoms with van der Waals surface area (Å²) < 4.78 is 0. The molecule has 0 aromatic heterocycles. The lowest BCUT2D eigenvalue weighted by Gasteiger charge is -1.99. The van der Waals surface area contributed by atoms with E-state index in [0.717, 1.165) is 0 Å². The fourth-order valence-corrected chi connectivity index (χ4v) is 1.53. The maximum absolute atomic E-state index is 2.29. The molecule has 0 radical (unpaired) electrons. The molecule has 0 bridgehead atoms. The Hall–Kier alpha value is -1.04. The molecule has 1 rings (SSSR count). The molecule has 0 aliphatic rings. The first-order valence-corrected chi connectivity index (χ1v) is 5.62. The minimum atomic E-state index is 1.18. The molecular formula is C14H20. The van der Waals surface area contributed by atoms with Gasteiger partial charge in [0.25, 0.3) is 0 Å². The van der Waals surface area contributed by atoms with Gasteiger partial charge >= 0.3 is 0 Å².